The minimum atomic E-state index is -0.285. The zero-order valence-electron chi connectivity index (χ0n) is 12.4. The Morgan fingerprint density at radius 1 is 1.38 bits per heavy atom. The van der Waals surface area contributed by atoms with Crippen LogP contribution in [0.3, 0.4) is 0 Å². The second-order valence-corrected chi connectivity index (χ2v) is 5.46. The van der Waals surface area contributed by atoms with Crippen LogP contribution in [0, 0.1) is 6.92 Å². The Hall–Kier alpha value is -1.40. The van der Waals surface area contributed by atoms with E-state index in [9.17, 15) is 4.79 Å². The number of thiophene rings is 1. The number of nitrogens with zero attached hydrogens (tertiary/aromatic N) is 2. The van der Waals surface area contributed by atoms with E-state index >= 15 is 0 Å². The van der Waals surface area contributed by atoms with Crippen LogP contribution in [0.4, 0.5) is 5.82 Å². The monoisotopic (exact) mass is 329 g/mol. The second-order valence-electron chi connectivity index (χ2n) is 4.46. The highest BCUT2D eigenvalue weighted by molar-refractivity contribution is 7.20. The molecule has 2 rings (SSSR count). The van der Waals surface area contributed by atoms with Gasteiger partial charge in [0.2, 0.25) is 0 Å². The van der Waals surface area contributed by atoms with Crippen LogP contribution in [0.5, 0.6) is 0 Å². The molecular formula is C14H20ClN3O2S. The Morgan fingerprint density at radius 3 is 2.81 bits per heavy atom. The van der Waals surface area contributed by atoms with Gasteiger partial charge in [0.05, 0.1) is 12.0 Å². The molecule has 0 aliphatic heterocycles. The summed E-state index contributed by atoms with van der Waals surface area (Å²) in [6, 6.07) is 0. The van der Waals surface area contributed by atoms with Gasteiger partial charge >= 0.3 is 5.97 Å². The van der Waals surface area contributed by atoms with E-state index in [1.54, 1.807) is 6.92 Å². The maximum atomic E-state index is 11.9. The second kappa shape index (κ2) is 8.14. The summed E-state index contributed by atoms with van der Waals surface area (Å²) in [6.45, 7) is 7.11. The first-order valence-electron chi connectivity index (χ1n) is 6.84. The zero-order valence-corrected chi connectivity index (χ0v) is 14.1. The number of aromatic nitrogens is 2. The van der Waals surface area contributed by atoms with Crippen LogP contribution in [0.1, 0.15) is 41.9 Å². The molecule has 2 heterocycles. The Bertz CT molecular complexity index is 616. The summed E-state index contributed by atoms with van der Waals surface area (Å²) in [5, 5.41) is 4.24. The Balaban J connectivity index is 0.00000220. The molecule has 2 aromatic heterocycles. The molecule has 0 spiro atoms. The van der Waals surface area contributed by atoms with Gasteiger partial charge in [-0.15, -0.1) is 23.7 Å². The van der Waals surface area contributed by atoms with Gasteiger partial charge in [-0.3, -0.25) is 0 Å². The Labute approximate surface area is 134 Å². The quantitative estimate of drug-likeness (QED) is 0.645. The van der Waals surface area contributed by atoms with Gasteiger partial charge in [-0.1, -0.05) is 13.3 Å². The highest BCUT2D eigenvalue weighted by Crippen LogP contribution is 2.33. The van der Waals surface area contributed by atoms with Gasteiger partial charge in [0.25, 0.3) is 0 Å². The average molecular weight is 330 g/mol. The van der Waals surface area contributed by atoms with Gasteiger partial charge in [0.15, 0.2) is 0 Å². The van der Waals surface area contributed by atoms with Crippen molar-refractivity contribution in [3.8, 4) is 0 Å². The maximum Gasteiger partial charge on any atom is 0.348 e. The van der Waals surface area contributed by atoms with Crippen LogP contribution < -0.4 is 5.32 Å². The van der Waals surface area contributed by atoms with Crippen LogP contribution >= 0.6 is 23.7 Å². The lowest BCUT2D eigenvalue weighted by Crippen LogP contribution is -2.05. The van der Waals surface area contributed by atoms with Gasteiger partial charge in [0.1, 0.15) is 21.9 Å². The van der Waals surface area contributed by atoms with Crippen molar-refractivity contribution in [3.05, 3.63) is 16.8 Å². The van der Waals surface area contributed by atoms with Crippen molar-refractivity contribution in [1.82, 2.24) is 9.97 Å². The molecule has 5 nitrogen and oxygen atoms in total. The van der Waals surface area contributed by atoms with Crippen molar-refractivity contribution in [1.29, 1.82) is 0 Å². The summed E-state index contributed by atoms with van der Waals surface area (Å²) < 4.78 is 5.08. The highest BCUT2D eigenvalue weighted by atomic mass is 35.5. The normalized spacial score (nSPS) is 10.2. The van der Waals surface area contributed by atoms with Crippen LogP contribution in [-0.4, -0.2) is 29.1 Å². The molecule has 0 aliphatic carbocycles. The molecule has 21 heavy (non-hydrogen) atoms. The number of anilines is 1. The molecule has 0 unspecified atom stereocenters. The number of hydrogen-bond acceptors (Lipinski definition) is 6. The maximum absolute atomic E-state index is 11.9. The van der Waals surface area contributed by atoms with E-state index in [0.29, 0.717) is 11.5 Å². The summed E-state index contributed by atoms with van der Waals surface area (Å²) in [6.07, 6.45) is 3.73. The number of rotatable bonds is 6. The van der Waals surface area contributed by atoms with Crippen molar-refractivity contribution >= 4 is 45.7 Å². The fourth-order valence-electron chi connectivity index (χ4n) is 1.98. The topological polar surface area (TPSA) is 64.1 Å². The Morgan fingerprint density at radius 2 is 2.14 bits per heavy atom. The standard InChI is InChI=1S/C14H19N3O2S.ClH/c1-4-6-7-15-12-10-9(3)11(14(18)19-5-2)20-13(10)17-8-16-12;/h8H,4-7H2,1-3H3,(H,15,16,17);1H. The SMILES string of the molecule is CCCCNc1ncnc2sc(C(=O)OCC)c(C)c12.Cl. The number of halogens is 1. The summed E-state index contributed by atoms with van der Waals surface area (Å²) >= 11 is 1.36. The van der Waals surface area contributed by atoms with Gasteiger partial charge < -0.3 is 10.1 Å². The summed E-state index contributed by atoms with van der Waals surface area (Å²) in [4.78, 5) is 21.9. The average Bonchev–Trinajstić information content (AvgIpc) is 2.78. The highest BCUT2D eigenvalue weighted by Gasteiger charge is 2.19. The molecule has 2 aromatic rings. The van der Waals surface area contributed by atoms with Crippen molar-refractivity contribution in [2.24, 2.45) is 0 Å². The molecule has 0 aliphatic rings. The number of carbonyl (C=O) groups is 1. The zero-order chi connectivity index (χ0) is 14.5. The number of aryl methyl sites for hydroxylation is 1. The molecule has 0 bridgehead atoms. The molecule has 0 radical (unpaired) electrons. The lowest BCUT2D eigenvalue weighted by Gasteiger charge is -2.06. The smallest absolute Gasteiger partial charge is 0.348 e. The minimum Gasteiger partial charge on any atom is -0.462 e. The van der Waals surface area contributed by atoms with Gasteiger partial charge in [-0.25, -0.2) is 14.8 Å². The van der Waals surface area contributed by atoms with Crippen LogP contribution in [0.2, 0.25) is 0 Å². The molecule has 116 valence electrons. The van der Waals surface area contributed by atoms with Crippen LogP contribution in [0.15, 0.2) is 6.33 Å². The van der Waals surface area contributed by atoms with Gasteiger partial charge in [0, 0.05) is 6.54 Å². The first-order chi connectivity index (χ1) is 9.69. The van der Waals surface area contributed by atoms with Crippen molar-refractivity contribution < 1.29 is 9.53 Å². The molecule has 0 aromatic carbocycles. The number of esters is 1. The summed E-state index contributed by atoms with van der Waals surface area (Å²) in [5.41, 5.74) is 0.892. The molecule has 0 atom stereocenters. The van der Waals surface area contributed by atoms with E-state index in [1.165, 1.54) is 17.7 Å². The van der Waals surface area contributed by atoms with E-state index < -0.39 is 0 Å². The van der Waals surface area contributed by atoms with E-state index in [0.717, 1.165) is 41.0 Å². The summed E-state index contributed by atoms with van der Waals surface area (Å²) in [7, 11) is 0. The molecular weight excluding hydrogens is 310 g/mol. The first-order valence-corrected chi connectivity index (χ1v) is 7.65. The minimum absolute atomic E-state index is 0. The number of nitrogens with one attached hydrogen (secondary N) is 1. The third-order valence-electron chi connectivity index (χ3n) is 3.01. The van der Waals surface area contributed by atoms with E-state index in [4.69, 9.17) is 4.74 Å². The number of carbonyl (C=O) groups excluding carboxylic acids is 1. The summed E-state index contributed by atoms with van der Waals surface area (Å²) in [5.74, 6) is 0.514. The number of fused-ring (bicyclic) bond motifs is 1. The largest absolute Gasteiger partial charge is 0.462 e. The van der Waals surface area contributed by atoms with Crippen molar-refractivity contribution in [2.75, 3.05) is 18.5 Å². The third-order valence-corrected chi connectivity index (χ3v) is 4.19. The van der Waals surface area contributed by atoms with Crippen LogP contribution in [0.25, 0.3) is 10.2 Å². The lowest BCUT2D eigenvalue weighted by atomic mass is 10.2. The van der Waals surface area contributed by atoms with Gasteiger partial charge in [-0.2, -0.15) is 0 Å². The van der Waals surface area contributed by atoms with E-state index in [2.05, 4.69) is 22.2 Å². The first kappa shape index (κ1) is 17.7. The molecule has 0 amide bonds. The fraction of sp³-hybridized carbons (Fsp3) is 0.500. The molecule has 1 N–H and O–H groups in total. The van der Waals surface area contributed by atoms with Crippen LogP contribution in [-0.2, 0) is 4.74 Å². The molecule has 7 heteroatoms. The van der Waals surface area contributed by atoms with Gasteiger partial charge in [-0.05, 0) is 25.8 Å². The molecule has 0 saturated heterocycles. The number of ether oxygens (including phenoxy) is 1. The number of unbranched alkanes of at least 4 members (excludes halogenated alkanes) is 1. The molecule has 0 saturated carbocycles. The number of hydrogen-bond donors (Lipinski definition) is 1. The van der Waals surface area contributed by atoms with E-state index in [1.807, 2.05) is 6.92 Å². The van der Waals surface area contributed by atoms with E-state index in [-0.39, 0.29) is 18.4 Å². The Kier molecular flexibility index (Phi) is 6.84. The predicted molar refractivity (Wildman–Crippen MR) is 88.8 cm³/mol. The van der Waals surface area contributed by atoms with Crippen molar-refractivity contribution in [2.45, 2.75) is 33.6 Å². The lowest BCUT2D eigenvalue weighted by molar-refractivity contribution is 0.0531. The predicted octanol–water partition coefficient (Wildman–Crippen LogP) is 3.81. The third kappa shape index (κ3) is 3.83. The molecule has 0 fully saturated rings. The van der Waals surface area contributed by atoms with Crippen molar-refractivity contribution in [3.63, 3.8) is 0 Å². The fourth-order valence-corrected chi connectivity index (χ4v) is 3.02.